The smallest absolute Gasteiger partial charge is 0.0849 e. The van der Waals surface area contributed by atoms with Crippen molar-refractivity contribution >= 4 is 0 Å². The molecule has 0 aromatic carbocycles. The van der Waals surface area contributed by atoms with Gasteiger partial charge < -0.3 is 30.6 Å². The van der Waals surface area contributed by atoms with Crippen LogP contribution < -0.4 is 0 Å². The SMILES string of the molecule is CC(CCCC(C)(O)CO)C1C(O)C(O)C2C3CC(O)C4CC(O)CCC4(C)C3CCC12C. The predicted molar refractivity (Wildman–Crippen MR) is 126 cm³/mol. The molecule has 0 bridgehead atoms. The molecule has 33 heavy (non-hydrogen) atoms. The van der Waals surface area contributed by atoms with Gasteiger partial charge in [-0.05, 0) is 98.2 Å². The minimum atomic E-state index is -1.07. The Balaban J connectivity index is 1.55. The van der Waals surface area contributed by atoms with Gasteiger partial charge in [0.1, 0.15) is 0 Å². The van der Waals surface area contributed by atoms with Gasteiger partial charge in [0.25, 0.3) is 0 Å². The van der Waals surface area contributed by atoms with Gasteiger partial charge in [0.05, 0.1) is 36.6 Å². The van der Waals surface area contributed by atoms with Crippen LogP contribution in [0.3, 0.4) is 0 Å². The molecule has 6 N–H and O–H groups in total. The van der Waals surface area contributed by atoms with Gasteiger partial charge in [-0.3, -0.25) is 0 Å². The van der Waals surface area contributed by atoms with Crippen molar-refractivity contribution in [1.29, 1.82) is 0 Å². The van der Waals surface area contributed by atoms with Gasteiger partial charge in [-0.2, -0.15) is 0 Å². The van der Waals surface area contributed by atoms with Crippen molar-refractivity contribution in [2.45, 2.75) is 115 Å². The Labute approximate surface area is 199 Å². The monoisotopic (exact) mass is 468 g/mol. The molecule has 0 saturated heterocycles. The molecule has 4 rings (SSSR count). The fourth-order valence-electron chi connectivity index (χ4n) is 9.46. The highest BCUT2D eigenvalue weighted by molar-refractivity contribution is 5.15. The maximum atomic E-state index is 11.4. The molecule has 4 aliphatic rings. The van der Waals surface area contributed by atoms with E-state index in [1.807, 2.05) is 0 Å². The van der Waals surface area contributed by atoms with Gasteiger partial charge in [0.15, 0.2) is 0 Å². The molecule has 13 unspecified atom stereocenters. The van der Waals surface area contributed by atoms with Gasteiger partial charge in [0.2, 0.25) is 0 Å². The summed E-state index contributed by atoms with van der Waals surface area (Å²) in [6, 6.07) is 0. The molecule has 0 radical (unpaired) electrons. The second-order valence-electron chi connectivity index (χ2n) is 13.2. The van der Waals surface area contributed by atoms with E-state index in [-0.39, 0.29) is 53.1 Å². The second-order valence-corrected chi connectivity index (χ2v) is 13.2. The zero-order valence-corrected chi connectivity index (χ0v) is 21.0. The van der Waals surface area contributed by atoms with Crippen LogP contribution in [0.2, 0.25) is 0 Å². The van der Waals surface area contributed by atoms with Crippen LogP contribution in [0.5, 0.6) is 0 Å². The van der Waals surface area contributed by atoms with E-state index in [2.05, 4.69) is 20.8 Å². The van der Waals surface area contributed by atoms with E-state index in [4.69, 9.17) is 0 Å². The molecule has 192 valence electrons. The largest absolute Gasteiger partial charge is 0.393 e. The molecule has 6 heteroatoms. The van der Waals surface area contributed by atoms with Crippen LogP contribution in [0.15, 0.2) is 0 Å². The Bertz CT molecular complexity index is 698. The van der Waals surface area contributed by atoms with E-state index in [0.29, 0.717) is 25.2 Å². The van der Waals surface area contributed by atoms with Crippen molar-refractivity contribution in [3.05, 3.63) is 0 Å². The average Bonchev–Trinajstić information content (AvgIpc) is 2.95. The number of aliphatic hydroxyl groups excluding tert-OH is 5. The summed E-state index contributed by atoms with van der Waals surface area (Å²) in [5.41, 5.74) is -1.28. The lowest BCUT2D eigenvalue weighted by atomic mass is 9.43. The first kappa shape index (κ1) is 25.8. The van der Waals surface area contributed by atoms with Crippen LogP contribution in [0.25, 0.3) is 0 Å². The van der Waals surface area contributed by atoms with Crippen LogP contribution in [0.4, 0.5) is 0 Å². The summed E-state index contributed by atoms with van der Waals surface area (Å²) in [7, 11) is 0. The van der Waals surface area contributed by atoms with Crippen molar-refractivity contribution in [2.24, 2.45) is 46.3 Å². The lowest BCUT2D eigenvalue weighted by molar-refractivity contribution is -0.181. The minimum Gasteiger partial charge on any atom is -0.393 e. The van der Waals surface area contributed by atoms with Crippen molar-refractivity contribution in [1.82, 2.24) is 0 Å². The summed E-state index contributed by atoms with van der Waals surface area (Å²) in [5.74, 6) is 0.855. The highest BCUT2D eigenvalue weighted by atomic mass is 16.3. The molecule has 0 aliphatic heterocycles. The van der Waals surface area contributed by atoms with Crippen LogP contribution in [0.1, 0.15) is 85.5 Å². The number of hydrogen-bond acceptors (Lipinski definition) is 6. The fourth-order valence-corrected chi connectivity index (χ4v) is 9.46. The van der Waals surface area contributed by atoms with Crippen molar-refractivity contribution in [2.75, 3.05) is 6.61 Å². The van der Waals surface area contributed by atoms with Crippen LogP contribution in [-0.4, -0.2) is 67.3 Å². The van der Waals surface area contributed by atoms with E-state index in [9.17, 15) is 30.6 Å². The Morgan fingerprint density at radius 2 is 1.61 bits per heavy atom. The summed E-state index contributed by atoms with van der Waals surface area (Å²) in [4.78, 5) is 0. The molecular formula is C27H48O6. The Hall–Kier alpha value is -0.240. The predicted octanol–water partition coefficient (Wildman–Crippen LogP) is 2.47. The van der Waals surface area contributed by atoms with Crippen LogP contribution in [-0.2, 0) is 0 Å². The lowest BCUT2D eigenvalue weighted by Gasteiger charge is -2.62. The molecule has 0 aromatic rings. The van der Waals surface area contributed by atoms with Gasteiger partial charge in [-0.15, -0.1) is 0 Å². The van der Waals surface area contributed by atoms with E-state index < -0.39 is 23.9 Å². The summed E-state index contributed by atoms with van der Waals surface area (Å²) in [6.45, 7) is 8.11. The van der Waals surface area contributed by atoms with Gasteiger partial charge in [-0.25, -0.2) is 0 Å². The third kappa shape index (κ3) is 4.21. The van der Waals surface area contributed by atoms with E-state index in [0.717, 1.165) is 38.5 Å². The quantitative estimate of drug-likeness (QED) is 0.356. The molecule has 4 fully saturated rings. The first-order chi connectivity index (χ1) is 15.4. The van der Waals surface area contributed by atoms with Gasteiger partial charge in [-0.1, -0.05) is 33.6 Å². The van der Waals surface area contributed by atoms with Crippen LogP contribution >= 0.6 is 0 Å². The highest BCUT2D eigenvalue weighted by Crippen LogP contribution is 2.68. The number of aliphatic hydroxyl groups is 6. The lowest BCUT2D eigenvalue weighted by Crippen LogP contribution is -2.59. The normalized spacial score (nSPS) is 52.4. The molecular weight excluding hydrogens is 420 g/mol. The van der Waals surface area contributed by atoms with Crippen molar-refractivity contribution in [3.8, 4) is 0 Å². The van der Waals surface area contributed by atoms with E-state index >= 15 is 0 Å². The Morgan fingerprint density at radius 1 is 0.939 bits per heavy atom. The molecule has 4 aliphatic carbocycles. The maximum Gasteiger partial charge on any atom is 0.0849 e. The summed E-state index contributed by atoms with van der Waals surface area (Å²) < 4.78 is 0. The highest BCUT2D eigenvalue weighted by Gasteiger charge is 2.67. The second kappa shape index (κ2) is 9.01. The first-order valence-electron chi connectivity index (χ1n) is 13.4. The van der Waals surface area contributed by atoms with Crippen LogP contribution in [0, 0.1) is 46.3 Å². The summed E-state index contributed by atoms with van der Waals surface area (Å²) in [6.07, 6.45) is 4.83. The van der Waals surface area contributed by atoms with Crippen molar-refractivity contribution in [3.63, 3.8) is 0 Å². The zero-order chi connectivity index (χ0) is 24.3. The first-order valence-corrected chi connectivity index (χ1v) is 13.4. The molecule has 0 amide bonds. The third-order valence-corrected chi connectivity index (χ3v) is 11.1. The third-order valence-electron chi connectivity index (χ3n) is 11.1. The average molecular weight is 469 g/mol. The fraction of sp³-hybridized carbons (Fsp3) is 1.00. The molecule has 4 saturated carbocycles. The number of hydrogen-bond donors (Lipinski definition) is 6. The molecule has 13 atom stereocenters. The number of rotatable bonds is 6. The van der Waals surface area contributed by atoms with Gasteiger partial charge in [0, 0.05) is 0 Å². The standard InChI is InChI=1S/C27H48O6/c1-15(6-5-9-25(2,33)14-28)21-23(31)24(32)22-17-13-20(30)19-12-16(29)7-10-26(19,3)18(17)8-11-27(21,22)4/h15-24,28-33H,5-14H2,1-4H3. The molecule has 0 spiro atoms. The number of fused-ring (bicyclic) bond motifs is 5. The Morgan fingerprint density at radius 3 is 2.27 bits per heavy atom. The molecule has 0 aromatic heterocycles. The zero-order valence-electron chi connectivity index (χ0n) is 21.0. The van der Waals surface area contributed by atoms with E-state index in [1.165, 1.54) is 0 Å². The van der Waals surface area contributed by atoms with Gasteiger partial charge >= 0.3 is 0 Å². The van der Waals surface area contributed by atoms with E-state index in [1.54, 1.807) is 6.92 Å². The topological polar surface area (TPSA) is 121 Å². The maximum absolute atomic E-state index is 11.4. The molecule has 6 nitrogen and oxygen atoms in total. The molecule has 0 heterocycles. The minimum absolute atomic E-state index is 0.0200. The van der Waals surface area contributed by atoms with Crippen molar-refractivity contribution < 1.29 is 30.6 Å². The Kier molecular flexibility index (Phi) is 7.05. The summed E-state index contributed by atoms with van der Waals surface area (Å²) in [5, 5.41) is 63.6. The summed E-state index contributed by atoms with van der Waals surface area (Å²) >= 11 is 0.